The van der Waals surface area contributed by atoms with Crippen LogP contribution >= 0.6 is 0 Å². The number of nitrogens with zero attached hydrogens (tertiary/aromatic N) is 1. The van der Waals surface area contributed by atoms with E-state index < -0.39 is 0 Å². The largest absolute Gasteiger partial charge is 0.369 e. The van der Waals surface area contributed by atoms with Gasteiger partial charge in [-0.05, 0) is 50.8 Å². The van der Waals surface area contributed by atoms with Gasteiger partial charge in [-0.15, -0.1) is 0 Å². The Bertz CT molecular complexity index is 328. The van der Waals surface area contributed by atoms with Gasteiger partial charge in [-0.1, -0.05) is 26.0 Å². The van der Waals surface area contributed by atoms with Crippen molar-refractivity contribution in [3.8, 4) is 0 Å². The highest BCUT2D eigenvalue weighted by molar-refractivity contribution is 5.56. The molecule has 90 valence electrons. The van der Waals surface area contributed by atoms with Crippen LogP contribution in [0, 0.1) is 6.92 Å². The van der Waals surface area contributed by atoms with Crippen molar-refractivity contribution in [3.63, 3.8) is 0 Å². The fourth-order valence-corrected chi connectivity index (χ4v) is 2.14. The molecule has 0 fully saturated rings. The van der Waals surface area contributed by atoms with Crippen molar-refractivity contribution in [2.45, 2.75) is 53.5 Å². The normalized spacial score (nSPS) is 10.9. The Morgan fingerprint density at radius 3 is 2.38 bits per heavy atom. The first-order valence-corrected chi connectivity index (χ1v) is 6.46. The molecule has 0 bridgehead atoms. The summed E-state index contributed by atoms with van der Waals surface area (Å²) < 4.78 is 0. The van der Waals surface area contributed by atoms with Gasteiger partial charge in [-0.2, -0.15) is 0 Å². The monoisotopic (exact) mass is 219 g/mol. The van der Waals surface area contributed by atoms with Gasteiger partial charge in [0.15, 0.2) is 0 Å². The zero-order chi connectivity index (χ0) is 12.1. The van der Waals surface area contributed by atoms with Crippen molar-refractivity contribution in [1.29, 1.82) is 0 Å². The van der Waals surface area contributed by atoms with Crippen molar-refractivity contribution < 1.29 is 0 Å². The van der Waals surface area contributed by atoms with Crippen molar-refractivity contribution in [3.05, 3.63) is 29.3 Å². The van der Waals surface area contributed by atoms with Gasteiger partial charge in [0.25, 0.3) is 0 Å². The highest BCUT2D eigenvalue weighted by Gasteiger charge is 2.12. The van der Waals surface area contributed by atoms with Gasteiger partial charge >= 0.3 is 0 Å². The van der Waals surface area contributed by atoms with E-state index in [2.05, 4.69) is 57.7 Å². The highest BCUT2D eigenvalue weighted by Crippen LogP contribution is 2.25. The lowest BCUT2D eigenvalue weighted by Gasteiger charge is -2.31. The maximum absolute atomic E-state index is 2.52. The molecule has 0 aliphatic carbocycles. The van der Waals surface area contributed by atoms with Gasteiger partial charge in [0.2, 0.25) is 0 Å². The lowest BCUT2D eigenvalue weighted by Crippen LogP contribution is -2.32. The predicted molar refractivity (Wildman–Crippen MR) is 73.3 cm³/mol. The summed E-state index contributed by atoms with van der Waals surface area (Å²) in [5.41, 5.74) is 4.25. The molecular formula is C15H25N. The van der Waals surface area contributed by atoms with Crippen molar-refractivity contribution in [2.24, 2.45) is 0 Å². The number of rotatable bonds is 5. The van der Waals surface area contributed by atoms with E-state index in [-0.39, 0.29) is 0 Å². The molecule has 0 spiro atoms. The first-order chi connectivity index (χ1) is 7.60. The van der Waals surface area contributed by atoms with Crippen LogP contribution in [-0.4, -0.2) is 12.6 Å². The van der Waals surface area contributed by atoms with E-state index in [1.807, 2.05) is 0 Å². The molecule has 0 unspecified atom stereocenters. The van der Waals surface area contributed by atoms with Gasteiger partial charge < -0.3 is 4.90 Å². The number of anilines is 1. The third-order valence-corrected chi connectivity index (χ3v) is 3.02. The van der Waals surface area contributed by atoms with Crippen LogP contribution in [0.1, 0.15) is 45.2 Å². The molecule has 1 nitrogen and oxygen atoms in total. The van der Waals surface area contributed by atoms with Crippen LogP contribution in [0.25, 0.3) is 0 Å². The molecule has 1 aromatic carbocycles. The molecule has 0 saturated carbocycles. The minimum atomic E-state index is 0.576. The van der Waals surface area contributed by atoms with Crippen LogP contribution in [-0.2, 0) is 6.42 Å². The van der Waals surface area contributed by atoms with Gasteiger partial charge in [0.1, 0.15) is 0 Å². The summed E-state index contributed by atoms with van der Waals surface area (Å²) in [6.07, 6.45) is 2.32. The molecule has 1 aromatic rings. The molecule has 1 heteroatoms. The summed E-state index contributed by atoms with van der Waals surface area (Å²) in [5.74, 6) is 0. The number of hydrogen-bond acceptors (Lipinski definition) is 1. The molecule has 1 rings (SSSR count). The van der Waals surface area contributed by atoms with Crippen LogP contribution in [0.2, 0.25) is 0 Å². The van der Waals surface area contributed by atoms with Crippen molar-refractivity contribution >= 4 is 5.69 Å². The molecule has 16 heavy (non-hydrogen) atoms. The molecule has 0 aliphatic heterocycles. The summed E-state index contributed by atoms with van der Waals surface area (Å²) in [7, 11) is 0. The van der Waals surface area contributed by atoms with Gasteiger partial charge in [-0.25, -0.2) is 0 Å². The maximum Gasteiger partial charge on any atom is 0.0403 e. The van der Waals surface area contributed by atoms with E-state index in [1.54, 1.807) is 0 Å². The fourth-order valence-electron chi connectivity index (χ4n) is 2.14. The summed E-state index contributed by atoms with van der Waals surface area (Å²) >= 11 is 0. The average Bonchev–Trinajstić information content (AvgIpc) is 2.25. The molecule has 0 amide bonds. The molecule has 0 atom stereocenters. The Hall–Kier alpha value is -0.980. The first kappa shape index (κ1) is 13.1. The molecule has 0 radical (unpaired) electrons. The van der Waals surface area contributed by atoms with E-state index in [4.69, 9.17) is 0 Å². The third-order valence-electron chi connectivity index (χ3n) is 3.02. The Morgan fingerprint density at radius 1 is 1.19 bits per heavy atom. The molecule has 0 aliphatic rings. The number of aryl methyl sites for hydroxylation is 2. The van der Waals surface area contributed by atoms with Gasteiger partial charge in [0.05, 0.1) is 0 Å². The minimum absolute atomic E-state index is 0.576. The topological polar surface area (TPSA) is 3.24 Å². The lowest BCUT2D eigenvalue weighted by molar-refractivity contribution is 0.667. The van der Waals surface area contributed by atoms with Crippen LogP contribution in [0.5, 0.6) is 0 Å². The maximum atomic E-state index is 2.52. The summed E-state index contributed by atoms with van der Waals surface area (Å²) in [5, 5.41) is 0. The van der Waals surface area contributed by atoms with Crippen LogP contribution in [0.4, 0.5) is 5.69 Å². The predicted octanol–water partition coefficient (Wildman–Crippen LogP) is 4.18. The Balaban J connectivity index is 3.10. The van der Waals surface area contributed by atoms with E-state index in [9.17, 15) is 0 Å². The second-order valence-electron chi connectivity index (χ2n) is 4.77. The Labute approximate surface area is 100 Å². The lowest BCUT2D eigenvalue weighted by atomic mass is 10.1. The summed E-state index contributed by atoms with van der Waals surface area (Å²) in [6.45, 7) is 12.4. The molecule has 0 saturated heterocycles. The zero-order valence-corrected chi connectivity index (χ0v) is 11.4. The van der Waals surface area contributed by atoms with E-state index >= 15 is 0 Å². The quantitative estimate of drug-likeness (QED) is 0.718. The molecular weight excluding hydrogens is 194 g/mol. The third kappa shape index (κ3) is 3.01. The SMILES string of the molecule is CCCN(c1cc(C)ccc1CC)C(C)C. The second kappa shape index (κ2) is 5.93. The number of benzene rings is 1. The molecule has 0 heterocycles. The van der Waals surface area contributed by atoms with Crippen molar-refractivity contribution in [2.75, 3.05) is 11.4 Å². The number of hydrogen-bond donors (Lipinski definition) is 0. The van der Waals surface area contributed by atoms with Crippen molar-refractivity contribution in [1.82, 2.24) is 0 Å². The van der Waals surface area contributed by atoms with Crippen LogP contribution < -0.4 is 4.90 Å². The average molecular weight is 219 g/mol. The Kier molecular flexibility index (Phi) is 4.85. The fraction of sp³-hybridized carbons (Fsp3) is 0.600. The highest BCUT2D eigenvalue weighted by atomic mass is 15.1. The van der Waals surface area contributed by atoms with E-state index in [0.717, 1.165) is 13.0 Å². The smallest absolute Gasteiger partial charge is 0.0403 e. The first-order valence-electron chi connectivity index (χ1n) is 6.46. The minimum Gasteiger partial charge on any atom is -0.369 e. The van der Waals surface area contributed by atoms with Crippen LogP contribution in [0.15, 0.2) is 18.2 Å². The molecule has 0 N–H and O–H groups in total. The van der Waals surface area contributed by atoms with E-state index in [1.165, 1.54) is 23.2 Å². The summed E-state index contributed by atoms with van der Waals surface area (Å²) in [6, 6.07) is 7.39. The molecule has 0 aromatic heterocycles. The van der Waals surface area contributed by atoms with Crippen LogP contribution in [0.3, 0.4) is 0 Å². The zero-order valence-electron chi connectivity index (χ0n) is 11.4. The van der Waals surface area contributed by atoms with Gasteiger partial charge in [-0.3, -0.25) is 0 Å². The Morgan fingerprint density at radius 2 is 1.88 bits per heavy atom. The van der Waals surface area contributed by atoms with Gasteiger partial charge in [0, 0.05) is 18.3 Å². The standard InChI is InChI=1S/C15H25N/c1-6-10-16(12(3)4)15-11-13(5)8-9-14(15)7-2/h8-9,11-12H,6-7,10H2,1-5H3. The van der Waals surface area contributed by atoms with E-state index in [0.29, 0.717) is 6.04 Å². The summed E-state index contributed by atoms with van der Waals surface area (Å²) in [4.78, 5) is 2.52. The second-order valence-corrected chi connectivity index (χ2v) is 4.77.